The van der Waals surface area contributed by atoms with Crippen molar-refractivity contribution < 1.29 is 4.79 Å². The molecule has 4 heteroatoms. The predicted molar refractivity (Wildman–Crippen MR) is 73.0 cm³/mol. The Bertz CT molecular complexity index is 629. The summed E-state index contributed by atoms with van der Waals surface area (Å²) in [5.41, 5.74) is 3.40. The Balaban J connectivity index is 2.18. The van der Waals surface area contributed by atoms with Crippen molar-refractivity contribution in [3.63, 3.8) is 0 Å². The smallest absolute Gasteiger partial charge is 0.324 e. The molecule has 4 nitrogen and oxygen atoms in total. The molecule has 1 aromatic carbocycles. The lowest BCUT2D eigenvalue weighted by atomic mass is 10.1. The van der Waals surface area contributed by atoms with Crippen molar-refractivity contribution >= 4 is 22.6 Å². The molecule has 2 amide bonds. The Morgan fingerprint density at radius 2 is 1.94 bits per heavy atom. The topological polar surface area (TPSA) is 28.5 Å². The first kappa shape index (κ1) is 11.1. The number of fused-ring (bicyclic) bond motifs is 1. The molecule has 1 aliphatic heterocycles. The molecule has 0 bridgehead atoms. The number of carbonyl (C=O) groups is 1. The third-order valence-electron chi connectivity index (χ3n) is 3.63. The minimum absolute atomic E-state index is 0.0870. The van der Waals surface area contributed by atoms with Crippen molar-refractivity contribution in [2.45, 2.75) is 6.92 Å². The molecule has 1 fully saturated rings. The van der Waals surface area contributed by atoms with E-state index in [0.29, 0.717) is 0 Å². The van der Waals surface area contributed by atoms with Crippen LogP contribution in [0.5, 0.6) is 0 Å². The average Bonchev–Trinajstić information content (AvgIpc) is 2.82. The summed E-state index contributed by atoms with van der Waals surface area (Å²) in [4.78, 5) is 15.7. The lowest BCUT2D eigenvalue weighted by Crippen LogP contribution is -2.28. The van der Waals surface area contributed by atoms with Gasteiger partial charge in [0.25, 0.3) is 0 Å². The van der Waals surface area contributed by atoms with Gasteiger partial charge in [-0.05, 0) is 19.1 Å². The van der Waals surface area contributed by atoms with Crippen LogP contribution < -0.4 is 4.90 Å². The Morgan fingerprint density at radius 3 is 2.61 bits per heavy atom. The maximum atomic E-state index is 12.1. The minimum atomic E-state index is 0.0870. The number of rotatable bonds is 1. The lowest BCUT2D eigenvalue weighted by Gasteiger charge is -2.14. The summed E-state index contributed by atoms with van der Waals surface area (Å²) < 4.78 is 2.08. The van der Waals surface area contributed by atoms with Gasteiger partial charge < -0.3 is 9.47 Å². The molecule has 0 unspecified atom stereocenters. The van der Waals surface area contributed by atoms with E-state index < -0.39 is 0 Å². The maximum Gasteiger partial charge on any atom is 0.324 e. The number of urea groups is 1. The molecule has 0 radical (unpaired) electrons. The number of aryl methyl sites for hydroxylation is 2. The van der Waals surface area contributed by atoms with Crippen LogP contribution in [0.4, 0.5) is 10.5 Å². The van der Waals surface area contributed by atoms with Crippen molar-refractivity contribution in [3.05, 3.63) is 30.0 Å². The standard InChI is InChI=1S/C14H17N3O/c1-10-4-5-12-11(8-10)13(9-16(12)3)17-7-6-15(2)14(17)18/h4-5,8-9H,6-7H2,1-3H3. The second-order valence-corrected chi connectivity index (χ2v) is 5.00. The van der Waals surface area contributed by atoms with Crippen molar-refractivity contribution in [1.82, 2.24) is 9.47 Å². The van der Waals surface area contributed by atoms with Crippen LogP contribution in [0, 0.1) is 6.92 Å². The molecule has 0 aliphatic carbocycles. The first-order valence-electron chi connectivity index (χ1n) is 6.16. The van der Waals surface area contributed by atoms with Crippen molar-refractivity contribution in [2.24, 2.45) is 7.05 Å². The van der Waals surface area contributed by atoms with Crippen LogP contribution in [0.25, 0.3) is 10.9 Å². The first-order valence-corrected chi connectivity index (χ1v) is 6.16. The van der Waals surface area contributed by atoms with Gasteiger partial charge in [-0.2, -0.15) is 0 Å². The summed E-state index contributed by atoms with van der Waals surface area (Å²) in [6.07, 6.45) is 2.04. The van der Waals surface area contributed by atoms with Gasteiger partial charge in [-0.15, -0.1) is 0 Å². The van der Waals surface area contributed by atoms with Crippen LogP contribution in [0.3, 0.4) is 0 Å². The van der Waals surface area contributed by atoms with E-state index in [1.54, 1.807) is 4.90 Å². The summed E-state index contributed by atoms with van der Waals surface area (Å²) in [6, 6.07) is 6.45. The van der Waals surface area contributed by atoms with Gasteiger partial charge in [0, 0.05) is 44.3 Å². The Morgan fingerprint density at radius 1 is 1.17 bits per heavy atom. The largest absolute Gasteiger partial charge is 0.348 e. The van der Waals surface area contributed by atoms with Crippen LogP contribution in [-0.2, 0) is 7.05 Å². The molecular weight excluding hydrogens is 226 g/mol. The highest BCUT2D eigenvalue weighted by atomic mass is 16.2. The Kier molecular flexibility index (Phi) is 2.33. The monoisotopic (exact) mass is 243 g/mol. The van der Waals surface area contributed by atoms with E-state index in [9.17, 15) is 4.79 Å². The van der Waals surface area contributed by atoms with E-state index in [2.05, 4.69) is 29.7 Å². The minimum Gasteiger partial charge on any atom is -0.348 e. The number of benzene rings is 1. The van der Waals surface area contributed by atoms with Gasteiger partial charge in [-0.1, -0.05) is 11.6 Å². The molecule has 18 heavy (non-hydrogen) atoms. The van der Waals surface area contributed by atoms with E-state index in [4.69, 9.17) is 0 Å². The number of hydrogen-bond donors (Lipinski definition) is 0. The van der Waals surface area contributed by atoms with E-state index in [-0.39, 0.29) is 6.03 Å². The molecule has 2 heterocycles. The molecule has 0 spiro atoms. The summed E-state index contributed by atoms with van der Waals surface area (Å²) in [6.45, 7) is 3.64. The number of nitrogens with zero attached hydrogens (tertiary/aromatic N) is 3. The van der Waals surface area contributed by atoms with E-state index in [0.717, 1.165) is 29.7 Å². The lowest BCUT2D eigenvalue weighted by molar-refractivity contribution is 0.229. The van der Waals surface area contributed by atoms with E-state index in [1.807, 2.05) is 25.2 Å². The fourth-order valence-electron chi connectivity index (χ4n) is 2.57. The Labute approximate surface area is 106 Å². The number of carbonyl (C=O) groups excluding carboxylic acids is 1. The van der Waals surface area contributed by atoms with Crippen LogP contribution in [-0.4, -0.2) is 35.6 Å². The Hall–Kier alpha value is -1.97. The van der Waals surface area contributed by atoms with Gasteiger partial charge in [-0.25, -0.2) is 4.79 Å². The zero-order valence-corrected chi connectivity index (χ0v) is 11.0. The molecule has 1 saturated heterocycles. The van der Waals surface area contributed by atoms with Crippen LogP contribution in [0.15, 0.2) is 24.4 Å². The molecule has 0 saturated carbocycles. The normalized spacial score (nSPS) is 16.1. The summed E-state index contributed by atoms with van der Waals surface area (Å²) in [7, 11) is 3.87. The highest BCUT2D eigenvalue weighted by molar-refractivity contribution is 6.04. The fraction of sp³-hybridized carbons (Fsp3) is 0.357. The van der Waals surface area contributed by atoms with Crippen molar-refractivity contribution in [1.29, 1.82) is 0 Å². The van der Waals surface area contributed by atoms with E-state index in [1.165, 1.54) is 5.56 Å². The zero-order valence-electron chi connectivity index (χ0n) is 11.0. The number of likely N-dealkylation sites (N-methyl/N-ethyl adjacent to an activating group) is 1. The van der Waals surface area contributed by atoms with Gasteiger partial charge >= 0.3 is 6.03 Å². The van der Waals surface area contributed by atoms with Gasteiger partial charge in [0.05, 0.1) is 5.69 Å². The molecule has 94 valence electrons. The van der Waals surface area contributed by atoms with Gasteiger partial charge in [-0.3, -0.25) is 4.90 Å². The predicted octanol–water partition coefficient (Wildman–Crippen LogP) is 2.36. The quantitative estimate of drug-likeness (QED) is 0.755. The summed E-state index contributed by atoms with van der Waals surface area (Å²) >= 11 is 0. The molecular formula is C14H17N3O. The van der Waals surface area contributed by atoms with Crippen molar-refractivity contribution in [3.8, 4) is 0 Å². The molecule has 0 N–H and O–H groups in total. The van der Waals surface area contributed by atoms with Gasteiger partial charge in [0.2, 0.25) is 0 Å². The SMILES string of the molecule is Cc1ccc2c(c1)c(N1CCN(C)C1=O)cn2C. The number of aromatic nitrogens is 1. The fourth-order valence-corrected chi connectivity index (χ4v) is 2.57. The molecule has 1 aromatic heterocycles. The molecule has 1 aliphatic rings. The highest BCUT2D eigenvalue weighted by Gasteiger charge is 2.28. The van der Waals surface area contributed by atoms with Crippen LogP contribution in [0.1, 0.15) is 5.56 Å². The zero-order chi connectivity index (χ0) is 12.9. The van der Waals surface area contributed by atoms with E-state index >= 15 is 0 Å². The molecule has 0 atom stereocenters. The summed E-state index contributed by atoms with van der Waals surface area (Å²) in [5.74, 6) is 0. The summed E-state index contributed by atoms with van der Waals surface area (Å²) in [5, 5.41) is 1.15. The molecule has 3 rings (SSSR count). The molecule has 2 aromatic rings. The second-order valence-electron chi connectivity index (χ2n) is 5.00. The van der Waals surface area contributed by atoms with Gasteiger partial charge in [0.15, 0.2) is 0 Å². The second kappa shape index (κ2) is 3.77. The van der Waals surface area contributed by atoms with Gasteiger partial charge in [0.1, 0.15) is 0 Å². The number of hydrogen-bond acceptors (Lipinski definition) is 1. The number of anilines is 1. The van der Waals surface area contributed by atoms with Crippen molar-refractivity contribution in [2.75, 3.05) is 25.0 Å². The maximum absolute atomic E-state index is 12.1. The third kappa shape index (κ3) is 1.49. The average molecular weight is 243 g/mol. The first-order chi connectivity index (χ1) is 8.58. The highest BCUT2D eigenvalue weighted by Crippen LogP contribution is 2.31. The number of amides is 2. The third-order valence-corrected chi connectivity index (χ3v) is 3.63. The van der Waals surface area contributed by atoms with Crippen LogP contribution in [0.2, 0.25) is 0 Å². The van der Waals surface area contributed by atoms with Crippen LogP contribution >= 0.6 is 0 Å².